The summed E-state index contributed by atoms with van der Waals surface area (Å²) in [7, 11) is 0. The van der Waals surface area contributed by atoms with Crippen LogP contribution in [0.2, 0.25) is 0 Å². The van der Waals surface area contributed by atoms with Gasteiger partial charge in [0.1, 0.15) is 0 Å². The molecule has 0 saturated carbocycles. The van der Waals surface area contributed by atoms with Crippen LogP contribution in [0.4, 0.5) is 5.69 Å². The minimum Gasteiger partial charge on any atom is -0.481 e. The molecule has 0 radical (unpaired) electrons. The van der Waals surface area contributed by atoms with E-state index in [1.54, 1.807) is 31.2 Å². The second kappa shape index (κ2) is 6.23. The summed E-state index contributed by atoms with van der Waals surface area (Å²) in [6.07, 6.45) is 0. The molecule has 7 nitrogen and oxygen atoms in total. The Kier molecular flexibility index (Phi) is 5.33. The van der Waals surface area contributed by atoms with Crippen molar-refractivity contribution in [2.45, 2.75) is 12.8 Å². The molecule has 0 aliphatic rings. The Hall–Kier alpha value is -2.31. The lowest BCUT2D eigenvalue weighted by atomic mass is 10.0. The Morgan fingerprint density at radius 2 is 1.81 bits per heavy atom. The van der Waals surface area contributed by atoms with Crippen molar-refractivity contribution in [3.05, 3.63) is 39.9 Å². The highest BCUT2D eigenvalue weighted by Gasteiger charge is 2.12. The van der Waals surface area contributed by atoms with E-state index in [4.69, 9.17) is 26.2 Å². The van der Waals surface area contributed by atoms with Crippen molar-refractivity contribution in [2.75, 3.05) is 5.73 Å². The Labute approximate surface area is 91.2 Å². The number of anilines is 1. The van der Waals surface area contributed by atoms with Crippen LogP contribution in [0.1, 0.15) is 18.4 Å². The van der Waals surface area contributed by atoms with Gasteiger partial charge < -0.3 is 16.0 Å². The molecule has 16 heavy (non-hydrogen) atoms. The highest BCUT2D eigenvalue weighted by molar-refractivity contribution is 5.75. The minimum absolute atomic E-state index is 0.467. The highest BCUT2D eigenvalue weighted by atomic mass is 16.9. The van der Waals surface area contributed by atoms with Gasteiger partial charge in [-0.15, -0.1) is 10.1 Å². The number of rotatable bonds is 2. The van der Waals surface area contributed by atoms with Crippen LogP contribution < -0.4 is 5.73 Å². The van der Waals surface area contributed by atoms with Crippen molar-refractivity contribution < 1.29 is 20.2 Å². The first kappa shape index (κ1) is 13.7. The van der Waals surface area contributed by atoms with Gasteiger partial charge in [0.05, 0.1) is 5.92 Å². The normalized spacial score (nSPS) is 10.8. The van der Waals surface area contributed by atoms with Gasteiger partial charge in [-0.3, -0.25) is 4.79 Å². The number of hydrogen-bond acceptors (Lipinski definition) is 4. The van der Waals surface area contributed by atoms with Gasteiger partial charge in [-0.1, -0.05) is 12.1 Å². The van der Waals surface area contributed by atoms with Crippen LogP contribution in [-0.2, 0) is 4.79 Å². The van der Waals surface area contributed by atoms with E-state index < -0.39 is 17.0 Å². The first-order valence-corrected chi connectivity index (χ1v) is 4.26. The van der Waals surface area contributed by atoms with Gasteiger partial charge in [-0.25, -0.2) is 0 Å². The molecule has 0 saturated heterocycles. The monoisotopic (exact) mass is 228 g/mol. The van der Waals surface area contributed by atoms with Crippen LogP contribution >= 0.6 is 0 Å². The molecule has 0 aliphatic carbocycles. The molecule has 88 valence electrons. The zero-order valence-corrected chi connectivity index (χ0v) is 8.53. The first-order chi connectivity index (χ1) is 7.34. The van der Waals surface area contributed by atoms with Crippen molar-refractivity contribution in [3.8, 4) is 0 Å². The molecule has 7 heteroatoms. The van der Waals surface area contributed by atoms with Gasteiger partial charge in [0.25, 0.3) is 5.09 Å². The number of hydrogen-bond donors (Lipinski definition) is 3. The molecule has 0 spiro atoms. The Balaban J connectivity index is 0.000000487. The van der Waals surface area contributed by atoms with Crippen LogP contribution in [0, 0.1) is 10.1 Å². The van der Waals surface area contributed by atoms with E-state index in [1.807, 2.05) is 0 Å². The summed E-state index contributed by atoms with van der Waals surface area (Å²) in [6, 6.07) is 6.87. The number of aliphatic carboxylic acids is 1. The standard InChI is InChI=1S/C9H11NO2.HNO3/c1-6(9(11)12)7-2-4-8(10)5-3-7;2-1(3)4/h2-6H,10H2,1H3,(H,11,12);(H,2,3,4). The lowest BCUT2D eigenvalue weighted by molar-refractivity contribution is -0.742. The SMILES string of the molecule is CC(C(=O)O)c1ccc(N)cc1.O=[N+]([O-])O. The number of carbonyl (C=O) groups is 1. The molecule has 0 bridgehead atoms. The molecule has 0 amide bonds. The van der Waals surface area contributed by atoms with Crippen LogP contribution in [0.25, 0.3) is 0 Å². The largest absolute Gasteiger partial charge is 0.481 e. The second-order valence-corrected chi connectivity index (χ2v) is 2.96. The van der Waals surface area contributed by atoms with Gasteiger partial charge >= 0.3 is 5.97 Å². The van der Waals surface area contributed by atoms with E-state index >= 15 is 0 Å². The molecule has 1 rings (SSSR count). The second-order valence-electron chi connectivity index (χ2n) is 2.96. The molecule has 0 heterocycles. The molecule has 1 unspecified atom stereocenters. The summed E-state index contributed by atoms with van der Waals surface area (Å²) < 4.78 is 0. The third-order valence-corrected chi connectivity index (χ3v) is 1.81. The lowest BCUT2D eigenvalue weighted by Crippen LogP contribution is -2.07. The summed E-state index contributed by atoms with van der Waals surface area (Å²) in [4.78, 5) is 18.9. The quantitative estimate of drug-likeness (QED) is 0.395. The van der Waals surface area contributed by atoms with Gasteiger partial charge in [-0.2, -0.15) is 0 Å². The van der Waals surface area contributed by atoms with E-state index in [2.05, 4.69) is 0 Å². The summed E-state index contributed by atoms with van der Waals surface area (Å²) in [5.41, 5.74) is 6.88. The van der Waals surface area contributed by atoms with Crippen molar-refractivity contribution in [1.82, 2.24) is 0 Å². The van der Waals surface area contributed by atoms with Crippen LogP contribution in [0.15, 0.2) is 24.3 Å². The molecule has 0 aromatic heterocycles. The highest BCUT2D eigenvalue weighted by Crippen LogP contribution is 2.16. The summed E-state index contributed by atoms with van der Waals surface area (Å²) in [5, 5.41) is 22.3. The molecule has 4 N–H and O–H groups in total. The van der Waals surface area contributed by atoms with E-state index in [0.29, 0.717) is 5.69 Å². The molecular formula is C9H12N2O5. The van der Waals surface area contributed by atoms with E-state index in [0.717, 1.165) is 5.56 Å². The van der Waals surface area contributed by atoms with Gasteiger partial charge in [0.2, 0.25) is 0 Å². The first-order valence-electron chi connectivity index (χ1n) is 4.26. The smallest absolute Gasteiger partial charge is 0.310 e. The molecule has 0 aliphatic heterocycles. The summed E-state index contributed by atoms with van der Waals surface area (Å²) >= 11 is 0. The summed E-state index contributed by atoms with van der Waals surface area (Å²) in [6.45, 7) is 1.65. The molecule has 1 atom stereocenters. The average Bonchev–Trinajstić information content (AvgIpc) is 2.17. The van der Waals surface area contributed by atoms with E-state index in [1.165, 1.54) is 0 Å². The number of benzene rings is 1. The number of nitrogens with zero attached hydrogens (tertiary/aromatic N) is 1. The maximum atomic E-state index is 10.6. The third kappa shape index (κ3) is 5.43. The fourth-order valence-corrected chi connectivity index (χ4v) is 0.927. The molecular weight excluding hydrogens is 216 g/mol. The molecule has 1 aromatic carbocycles. The average molecular weight is 228 g/mol. The maximum absolute atomic E-state index is 10.6. The van der Waals surface area contributed by atoms with Gasteiger partial charge in [-0.05, 0) is 24.6 Å². The zero-order chi connectivity index (χ0) is 12.7. The minimum atomic E-state index is -1.50. The summed E-state index contributed by atoms with van der Waals surface area (Å²) in [5.74, 6) is -1.29. The van der Waals surface area contributed by atoms with Gasteiger partial charge in [0.15, 0.2) is 0 Å². The lowest BCUT2D eigenvalue weighted by Gasteiger charge is -2.05. The topological polar surface area (TPSA) is 127 Å². The fraction of sp³-hybridized carbons (Fsp3) is 0.222. The zero-order valence-electron chi connectivity index (χ0n) is 8.53. The van der Waals surface area contributed by atoms with Crippen LogP contribution in [0.5, 0.6) is 0 Å². The Morgan fingerprint density at radius 1 is 1.44 bits per heavy atom. The number of carboxylic acids is 1. The molecule has 1 aromatic rings. The van der Waals surface area contributed by atoms with E-state index in [9.17, 15) is 4.79 Å². The number of nitrogens with two attached hydrogens (primary N) is 1. The number of carboxylic acid groups (broad SMARTS) is 1. The van der Waals surface area contributed by atoms with Crippen LogP contribution in [-0.4, -0.2) is 21.4 Å². The Bertz CT molecular complexity index is 359. The van der Waals surface area contributed by atoms with Crippen molar-refractivity contribution >= 4 is 11.7 Å². The third-order valence-electron chi connectivity index (χ3n) is 1.81. The molecule has 0 fully saturated rings. The fourth-order valence-electron chi connectivity index (χ4n) is 0.927. The van der Waals surface area contributed by atoms with Gasteiger partial charge in [0, 0.05) is 5.69 Å². The van der Waals surface area contributed by atoms with Crippen molar-refractivity contribution in [3.63, 3.8) is 0 Å². The van der Waals surface area contributed by atoms with Crippen molar-refractivity contribution in [2.24, 2.45) is 0 Å². The predicted molar refractivity (Wildman–Crippen MR) is 55.7 cm³/mol. The Morgan fingerprint density at radius 3 is 2.12 bits per heavy atom. The van der Waals surface area contributed by atoms with Crippen molar-refractivity contribution in [1.29, 1.82) is 0 Å². The van der Waals surface area contributed by atoms with E-state index in [-0.39, 0.29) is 0 Å². The van der Waals surface area contributed by atoms with Crippen LogP contribution in [0.3, 0.4) is 0 Å². The maximum Gasteiger partial charge on any atom is 0.310 e. The number of nitrogen functional groups attached to an aromatic ring is 1. The predicted octanol–water partition coefficient (Wildman–Crippen LogP) is 1.11.